The van der Waals surface area contributed by atoms with Crippen LogP contribution in [0.1, 0.15) is 43.2 Å². The van der Waals surface area contributed by atoms with Gasteiger partial charge in [-0.05, 0) is 29.4 Å². The Morgan fingerprint density at radius 3 is 2.62 bits per heavy atom. The number of hydrogen-bond acceptors (Lipinski definition) is 6. The Hall–Kier alpha value is -1.34. The Morgan fingerprint density at radius 1 is 1.25 bits per heavy atom. The molecule has 0 unspecified atom stereocenters. The molecule has 2 aromatic rings. The third-order valence-electron chi connectivity index (χ3n) is 4.25. The first-order valence-corrected chi connectivity index (χ1v) is 11.0. The Balaban J connectivity index is 1.52. The summed E-state index contributed by atoms with van der Waals surface area (Å²) < 4.78 is 28.6. The molecule has 1 aromatic carbocycles. The number of benzene rings is 1. The molecule has 1 fully saturated rings. The molecular weight excluding hydrogens is 344 g/mol. The van der Waals surface area contributed by atoms with Gasteiger partial charge >= 0.3 is 0 Å². The molecule has 1 aliphatic rings. The lowest BCUT2D eigenvalue weighted by Gasteiger charge is -2.05. The molecule has 7 heteroatoms. The fourth-order valence-electron chi connectivity index (χ4n) is 2.80. The minimum atomic E-state index is -2.86. The lowest BCUT2D eigenvalue weighted by Crippen LogP contribution is -2.07. The van der Waals surface area contributed by atoms with Crippen LogP contribution >= 0.6 is 11.8 Å². The smallest absolute Gasteiger partial charge is 0.276 e. The van der Waals surface area contributed by atoms with Crippen molar-refractivity contribution in [3.63, 3.8) is 0 Å². The second kappa shape index (κ2) is 7.27. The summed E-state index contributed by atoms with van der Waals surface area (Å²) in [5.41, 5.74) is 2.54. The topological polar surface area (TPSA) is 73.1 Å². The average molecular weight is 367 g/mol. The first kappa shape index (κ1) is 17.5. The summed E-state index contributed by atoms with van der Waals surface area (Å²) in [4.78, 5) is 0. The molecule has 2 heterocycles. The van der Waals surface area contributed by atoms with Gasteiger partial charge in [-0.2, -0.15) is 0 Å². The van der Waals surface area contributed by atoms with Crippen LogP contribution in [0.5, 0.6) is 0 Å². The normalized spacial score (nSPS) is 19.9. The van der Waals surface area contributed by atoms with Crippen molar-refractivity contribution in [1.82, 2.24) is 10.2 Å². The van der Waals surface area contributed by atoms with E-state index >= 15 is 0 Å². The molecule has 0 spiro atoms. The maximum Gasteiger partial charge on any atom is 0.276 e. The Bertz CT molecular complexity index is 782. The third kappa shape index (κ3) is 4.60. The standard InChI is InChI=1S/C17H22N2O3S2/c1-12(2)15-5-3-13(4-6-15)10-23-17-19-18-16(22-17)9-14-7-8-24(20,21)11-14/h3-6,12,14H,7-11H2,1-2H3/t14-/m1/s1. The minimum Gasteiger partial charge on any atom is -0.416 e. The van der Waals surface area contributed by atoms with Crippen molar-refractivity contribution in [3.8, 4) is 0 Å². The Morgan fingerprint density at radius 2 is 2.00 bits per heavy atom. The van der Waals surface area contributed by atoms with Crippen LogP contribution in [0.15, 0.2) is 33.9 Å². The molecule has 0 amide bonds. The fourth-order valence-corrected chi connectivity index (χ4v) is 5.40. The highest BCUT2D eigenvalue weighted by Crippen LogP contribution is 2.26. The van der Waals surface area contributed by atoms with Gasteiger partial charge in [0.1, 0.15) is 0 Å². The second-order valence-electron chi connectivity index (χ2n) is 6.62. The van der Waals surface area contributed by atoms with Crippen LogP contribution in [-0.4, -0.2) is 30.1 Å². The molecule has 1 saturated heterocycles. The van der Waals surface area contributed by atoms with Gasteiger partial charge in [-0.1, -0.05) is 49.9 Å². The molecule has 1 aromatic heterocycles. The summed E-state index contributed by atoms with van der Waals surface area (Å²) in [5.74, 6) is 2.47. The fraction of sp³-hybridized carbons (Fsp3) is 0.529. The van der Waals surface area contributed by atoms with E-state index in [1.54, 1.807) is 0 Å². The quantitative estimate of drug-likeness (QED) is 0.729. The molecule has 3 rings (SSSR count). The van der Waals surface area contributed by atoms with Crippen LogP contribution in [0.25, 0.3) is 0 Å². The largest absolute Gasteiger partial charge is 0.416 e. The molecule has 1 atom stereocenters. The molecule has 0 aliphatic carbocycles. The average Bonchev–Trinajstić information content (AvgIpc) is 3.12. The van der Waals surface area contributed by atoms with Gasteiger partial charge in [0.25, 0.3) is 5.22 Å². The van der Waals surface area contributed by atoms with Gasteiger partial charge in [0.05, 0.1) is 11.5 Å². The molecule has 1 aliphatic heterocycles. The zero-order valence-corrected chi connectivity index (χ0v) is 15.6. The van der Waals surface area contributed by atoms with Gasteiger partial charge in [-0.25, -0.2) is 8.42 Å². The number of thioether (sulfide) groups is 1. The van der Waals surface area contributed by atoms with Crippen LogP contribution in [0.4, 0.5) is 0 Å². The lowest BCUT2D eigenvalue weighted by molar-refractivity contribution is 0.389. The van der Waals surface area contributed by atoms with E-state index in [0.29, 0.717) is 29.9 Å². The molecular formula is C17H22N2O3S2. The van der Waals surface area contributed by atoms with Gasteiger partial charge in [-0.3, -0.25) is 0 Å². The van der Waals surface area contributed by atoms with Gasteiger partial charge in [0.15, 0.2) is 9.84 Å². The van der Waals surface area contributed by atoms with Crippen molar-refractivity contribution in [2.45, 2.75) is 43.6 Å². The summed E-state index contributed by atoms with van der Waals surface area (Å²) in [6.07, 6.45) is 1.24. The van der Waals surface area contributed by atoms with Crippen LogP contribution in [0, 0.1) is 5.92 Å². The van der Waals surface area contributed by atoms with Gasteiger partial charge < -0.3 is 4.42 Å². The molecule has 130 valence electrons. The second-order valence-corrected chi connectivity index (χ2v) is 9.78. The van der Waals surface area contributed by atoms with E-state index in [1.807, 2.05) is 0 Å². The molecule has 0 N–H and O–H groups in total. The highest BCUT2D eigenvalue weighted by Gasteiger charge is 2.29. The summed E-state index contributed by atoms with van der Waals surface area (Å²) in [6, 6.07) is 8.56. The first-order chi connectivity index (χ1) is 11.4. The Labute approximate surface area is 147 Å². The van der Waals surface area contributed by atoms with Crippen molar-refractivity contribution in [2.75, 3.05) is 11.5 Å². The van der Waals surface area contributed by atoms with Crippen molar-refractivity contribution in [3.05, 3.63) is 41.3 Å². The maximum absolute atomic E-state index is 11.5. The number of hydrogen-bond donors (Lipinski definition) is 0. The van der Waals surface area contributed by atoms with Crippen LogP contribution < -0.4 is 0 Å². The summed E-state index contributed by atoms with van der Waals surface area (Å²) in [6.45, 7) is 4.36. The first-order valence-electron chi connectivity index (χ1n) is 8.16. The predicted molar refractivity (Wildman–Crippen MR) is 94.9 cm³/mol. The Kier molecular flexibility index (Phi) is 5.30. The van der Waals surface area contributed by atoms with Crippen LogP contribution in [0.2, 0.25) is 0 Å². The summed E-state index contributed by atoms with van der Waals surface area (Å²) in [5, 5.41) is 8.64. The lowest BCUT2D eigenvalue weighted by atomic mass is 10.0. The summed E-state index contributed by atoms with van der Waals surface area (Å²) in [7, 11) is -2.86. The summed E-state index contributed by atoms with van der Waals surface area (Å²) >= 11 is 1.51. The van der Waals surface area contributed by atoms with Crippen LogP contribution in [0.3, 0.4) is 0 Å². The van der Waals surface area contributed by atoms with Gasteiger partial charge in [0.2, 0.25) is 5.89 Å². The van der Waals surface area contributed by atoms with Crippen molar-refractivity contribution in [2.24, 2.45) is 5.92 Å². The molecule has 0 saturated carbocycles. The molecule has 0 bridgehead atoms. The number of rotatable bonds is 6. The maximum atomic E-state index is 11.5. The van der Waals surface area contributed by atoms with E-state index in [9.17, 15) is 8.42 Å². The highest BCUT2D eigenvalue weighted by atomic mass is 32.2. The third-order valence-corrected chi connectivity index (χ3v) is 6.97. The zero-order chi connectivity index (χ0) is 17.2. The van der Waals surface area contributed by atoms with E-state index in [-0.39, 0.29) is 17.4 Å². The number of sulfone groups is 1. The van der Waals surface area contributed by atoms with E-state index < -0.39 is 9.84 Å². The van der Waals surface area contributed by atoms with Crippen molar-refractivity contribution in [1.29, 1.82) is 0 Å². The number of aromatic nitrogens is 2. The predicted octanol–water partition coefficient (Wildman–Crippen LogP) is 3.46. The van der Waals surface area contributed by atoms with E-state index in [2.05, 4.69) is 48.3 Å². The molecule has 5 nitrogen and oxygen atoms in total. The van der Waals surface area contributed by atoms with Gasteiger partial charge in [-0.15, -0.1) is 10.2 Å². The van der Waals surface area contributed by atoms with Crippen LogP contribution in [-0.2, 0) is 22.0 Å². The van der Waals surface area contributed by atoms with E-state index in [1.165, 1.54) is 22.9 Å². The van der Waals surface area contributed by atoms with Crippen molar-refractivity contribution >= 4 is 21.6 Å². The zero-order valence-electron chi connectivity index (χ0n) is 13.9. The number of nitrogens with zero attached hydrogens (tertiary/aromatic N) is 2. The molecule has 24 heavy (non-hydrogen) atoms. The SMILES string of the molecule is CC(C)c1ccc(CSc2nnc(C[C@H]3CCS(=O)(=O)C3)o2)cc1. The monoisotopic (exact) mass is 366 g/mol. The highest BCUT2D eigenvalue weighted by molar-refractivity contribution is 7.98. The minimum absolute atomic E-state index is 0.108. The van der Waals surface area contributed by atoms with Gasteiger partial charge in [0, 0.05) is 12.2 Å². The molecule has 0 radical (unpaired) electrons. The van der Waals surface area contributed by atoms with E-state index in [4.69, 9.17) is 4.42 Å². The van der Waals surface area contributed by atoms with Crippen molar-refractivity contribution < 1.29 is 12.8 Å². The van der Waals surface area contributed by atoms with E-state index in [0.717, 1.165) is 5.75 Å².